The number of halogens is 6. The number of nitrogen functional groups attached to an aromatic ring is 2. The molecule has 2 aromatic carbocycles. The second kappa shape index (κ2) is 10.9. The summed E-state index contributed by atoms with van der Waals surface area (Å²) in [5.74, 6) is 0.00537. The zero-order chi connectivity index (χ0) is 27.6. The minimum Gasteiger partial charge on any atom is -0.407 e. The minimum absolute atomic E-state index is 0.00537. The fourth-order valence-electron chi connectivity index (χ4n) is 3.96. The summed E-state index contributed by atoms with van der Waals surface area (Å²) in [6.45, 7) is 5.60. The number of allylic oxidation sites excluding steroid dienone is 1. The molecule has 1 atom stereocenters. The smallest absolute Gasteiger partial charge is 0.407 e. The number of rotatable bonds is 2. The predicted octanol–water partition coefficient (Wildman–Crippen LogP) is 5.28. The van der Waals surface area contributed by atoms with E-state index in [9.17, 15) is 26.3 Å². The highest BCUT2D eigenvalue weighted by Crippen LogP contribution is 2.35. The van der Waals surface area contributed by atoms with E-state index >= 15 is 0 Å². The molecule has 1 unspecified atom stereocenters. The monoisotopic (exact) mass is 529 g/mol. The van der Waals surface area contributed by atoms with Crippen LogP contribution in [0.4, 0.5) is 37.7 Å². The third kappa shape index (κ3) is 8.06. The van der Waals surface area contributed by atoms with Crippen LogP contribution >= 0.6 is 0 Å². The maximum atomic E-state index is 12.7. The van der Waals surface area contributed by atoms with Crippen LogP contribution in [0, 0.1) is 5.41 Å². The van der Waals surface area contributed by atoms with E-state index < -0.39 is 30.6 Å². The fraction of sp³-hybridized carbons (Fsp3) is 0.440. The number of hydrogen-bond donors (Lipinski definition) is 2. The van der Waals surface area contributed by atoms with Crippen LogP contribution in [0.1, 0.15) is 42.9 Å². The Bertz CT molecular complexity index is 1110. The van der Waals surface area contributed by atoms with Gasteiger partial charge in [-0.1, -0.05) is 26.0 Å². The lowest BCUT2D eigenvalue weighted by Gasteiger charge is -2.33. The molecule has 0 aromatic heterocycles. The fourth-order valence-corrected chi connectivity index (χ4v) is 3.96. The summed E-state index contributed by atoms with van der Waals surface area (Å²) in [5, 5.41) is 0. The highest BCUT2D eigenvalue weighted by Gasteiger charge is 2.37. The Morgan fingerprint density at radius 1 is 0.865 bits per heavy atom. The molecule has 4 N–H and O–H groups in total. The second-order valence-corrected chi connectivity index (χ2v) is 10.1. The molecule has 4 rings (SSSR count). The van der Waals surface area contributed by atoms with Gasteiger partial charge in [-0.05, 0) is 54.0 Å². The van der Waals surface area contributed by atoms with Gasteiger partial charge < -0.3 is 25.7 Å². The quantitative estimate of drug-likeness (QED) is 0.315. The van der Waals surface area contributed by atoms with Crippen molar-refractivity contribution in [1.82, 2.24) is 4.90 Å². The van der Waals surface area contributed by atoms with Crippen LogP contribution in [0.3, 0.4) is 0 Å². The van der Waals surface area contributed by atoms with E-state index in [1.807, 2.05) is 38.1 Å². The molecule has 1 saturated heterocycles. The number of nitrogens with zero attached hydrogens (tertiary/aromatic N) is 1. The molecule has 1 fully saturated rings. The largest absolute Gasteiger partial charge is 0.493 e. The van der Waals surface area contributed by atoms with Crippen molar-refractivity contribution < 1.29 is 35.7 Å². The average Bonchev–Trinajstić information content (AvgIpc) is 2.78. The Hall–Kier alpha value is -2.86. The molecule has 0 amide bonds. The van der Waals surface area contributed by atoms with E-state index in [1.165, 1.54) is 12.1 Å². The van der Waals surface area contributed by atoms with Crippen LogP contribution in [-0.2, 0) is 21.7 Å². The van der Waals surface area contributed by atoms with Gasteiger partial charge in [0.05, 0.1) is 11.1 Å². The number of anilines is 2. The molecule has 0 aliphatic carbocycles. The molecular formula is C25H30BF6N3O2. The number of nitrogens with two attached hydrogens (primary N) is 2. The van der Waals surface area contributed by atoms with Crippen molar-refractivity contribution >= 4 is 24.0 Å². The van der Waals surface area contributed by atoms with Crippen molar-refractivity contribution in [2.45, 2.75) is 38.5 Å². The Morgan fingerprint density at radius 3 is 1.92 bits per heavy atom. The van der Waals surface area contributed by atoms with Gasteiger partial charge in [0.25, 0.3) is 0 Å². The first-order valence-electron chi connectivity index (χ1n) is 11.6. The molecule has 2 aliphatic rings. The highest BCUT2D eigenvalue weighted by atomic mass is 19.4. The van der Waals surface area contributed by atoms with Crippen LogP contribution in [-0.4, -0.2) is 38.8 Å². The van der Waals surface area contributed by atoms with Gasteiger partial charge in [0.2, 0.25) is 0 Å². The van der Waals surface area contributed by atoms with Gasteiger partial charge in [-0.3, -0.25) is 0 Å². The van der Waals surface area contributed by atoms with Crippen molar-refractivity contribution in [3.05, 3.63) is 65.4 Å². The Morgan fingerprint density at radius 2 is 1.41 bits per heavy atom. The van der Waals surface area contributed by atoms with Gasteiger partial charge in [0, 0.05) is 49.5 Å². The lowest BCUT2D eigenvalue weighted by atomic mass is 9.75. The topological polar surface area (TPSA) is 73.7 Å². The Labute approximate surface area is 212 Å². The van der Waals surface area contributed by atoms with Crippen LogP contribution < -0.4 is 16.9 Å². The van der Waals surface area contributed by atoms with Crippen molar-refractivity contribution in [1.29, 1.82) is 0 Å². The first-order valence-corrected chi connectivity index (χ1v) is 11.6. The molecule has 2 aliphatic heterocycles. The molecule has 5 nitrogen and oxygen atoms in total. The summed E-state index contributed by atoms with van der Waals surface area (Å²) in [6.07, 6.45) is -4.17. The van der Waals surface area contributed by atoms with E-state index in [4.69, 9.17) is 20.8 Å². The molecular weight excluding hydrogens is 499 g/mol. The summed E-state index contributed by atoms with van der Waals surface area (Å²) in [7, 11) is 1.14. The third-order valence-corrected chi connectivity index (χ3v) is 5.93. The van der Waals surface area contributed by atoms with E-state index in [0.29, 0.717) is 24.2 Å². The highest BCUT2D eigenvalue weighted by molar-refractivity contribution is 6.61. The third-order valence-electron chi connectivity index (χ3n) is 5.93. The zero-order valence-electron chi connectivity index (χ0n) is 20.8. The van der Waals surface area contributed by atoms with E-state index in [0.717, 1.165) is 31.2 Å². The number of alkyl halides is 6. The van der Waals surface area contributed by atoms with E-state index in [-0.39, 0.29) is 22.7 Å². The zero-order valence-corrected chi connectivity index (χ0v) is 20.8. The van der Waals surface area contributed by atoms with Crippen LogP contribution in [0.5, 0.6) is 0 Å². The van der Waals surface area contributed by atoms with Crippen LogP contribution in [0.25, 0.3) is 0 Å². The summed E-state index contributed by atoms with van der Waals surface area (Å²) in [5.41, 5.74) is 10.6. The molecule has 2 heterocycles. The van der Waals surface area contributed by atoms with Crippen molar-refractivity contribution in [3.8, 4) is 0 Å². The van der Waals surface area contributed by atoms with Gasteiger partial charge in [-0.15, -0.1) is 0 Å². The number of benzene rings is 2. The summed E-state index contributed by atoms with van der Waals surface area (Å²) < 4.78 is 87.1. The van der Waals surface area contributed by atoms with Gasteiger partial charge in [0.1, 0.15) is 0 Å². The SMILES string of the molecule is CC1(C)COB(c2cc(N)cc(C(F)(F)F)c2)OC1.CN1C=CC(c2cc(N)cc(C(F)(F)F)c2)CC1. The predicted molar refractivity (Wildman–Crippen MR) is 132 cm³/mol. The van der Waals surface area contributed by atoms with Crippen molar-refractivity contribution in [2.24, 2.45) is 5.41 Å². The average molecular weight is 529 g/mol. The minimum atomic E-state index is -4.43. The van der Waals surface area contributed by atoms with Gasteiger partial charge in [-0.25, -0.2) is 0 Å². The first kappa shape index (κ1) is 28.7. The van der Waals surface area contributed by atoms with E-state index in [1.54, 1.807) is 6.07 Å². The first-order chi connectivity index (χ1) is 17.0. The van der Waals surface area contributed by atoms with Crippen molar-refractivity contribution in [2.75, 3.05) is 38.3 Å². The molecule has 0 spiro atoms. The Kier molecular flexibility index (Phi) is 8.43. The molecule has 2 aromatic rings. The maximum Gasteiger partial charge on any atom is 0.493 e. The molecule has 202 valence electrons. The molecule has 37 heavy (non-hydrogen) atoms. The van der Waals surface area contributed by atoms with Crippen LogP contribution in [0.15, 0.2) is 48.7 Å². The maximum absolute atomic E-state index is 12.7. The number of hydrogen-bond acceptors (Lipinski definition) is 5. The van der Waals surface area contributed by atoms with Gasteiger partial charge >= 0.3 is 19.5 Å². The molecule has 12 heteroatoms. The normalized spacial score (nSPS) is 19.9. The van der Waals surface area contributed by atoms with E-state index in [2.05, 4.69) is 0 Å². The molecule has 0 radical (unpaired) electrons. The Balaban J connectivity index is 0.000000206. The summed E-state index contributed by atoms with van der Waals surface area (Å²) in [6, 6.07) is 7.14. The van der Waals surface area contributed by atoms with Crippen molar-refractivity contribution in [3.63, 3.8) is 0 Å². The van der Waals surface area contributed by atoms with Gasteiger partial charge in [-0.2, -0.15) is 26.3 Å². The molecule has 0 bridgehead atoms. The second-order valence-electron chi connectivity index (χ2n) is 10.1. The van der Waals surface area contributed by atoms with Crippen LogP contribution in [0.2, 0.25) is 0 Å². The molecule has 0 saturated carbocycles. The standard InChI is InChI=1S/C13H15F3N2.C12H15BF3NO2/c1-18-4-2-9(3-5-18)10-6-11(13(14,15)16)8-12(17)7-10;1-11(2)6-18-13(19-7-11)9-3-8(12(14,15)16)4-10(17)5-9/h2,4,6-9H,3,5,17H2,1H3;3-5H,6-7,17H2,1-2H3. The van der Waals surface area contributed by atoms with Gasteiger partial charge in [0.15, 0.2) is 0 Å². The summed E-state index contributed by atoms with van der Waals surface area (Å²) >= 11 is 0. The lowest BCUT2D eigenvalue weighted by Crippen LogP contribution is -2.47. The lowest BCUT2D eigenvalue weighted by molar-refractivity contribution is -0.138. The summed E-state index contributed by atoms with van der Waals surface area (Å²) in [4.78, 5) is 2.01.